The lowest BCUT2D eigenvalue weighted by Gasteiger charge is -2.35. The number of amides is 1. The summed E-state index contributed by atoms with van der Waals surface area (Å²) in [5, 5.41) is 3.18. The standard InChI is InChI=1S/C16H24BrNO2/c1-9(2)14(17)15(19)18-12-7-16(4,5)8-13-11(12)6-10(3)20-13/h6,9,12,14H,7-8H2,1-5H3,(H,18,19). The molecule has 1 aliphatic carbocycles. The van der Waals surface area contributed by atoms with Crippen LogP contribution in [-0.2, 0) is 11.2 Å². The van der Waals surface area contributed by atoms with Gasteiger partial charge in [0.25, 0.3) is 0 Å². The molecule has 0 spiro atoms. The van der Waals surface area contributed by atoms with Crippen LogP contribution in [0.25, 0.3) is 0 Å². The van der Waals surface area contributed by atoms with E-state index in [1.807, 2.05) is 20.8 Å². The van der Waals surface area contributed by atoms with Gasteiger partial charge in [-0.2, -0.15) is 0 Å². The van der Waals surface area contributed by atoms with Gasteiger partial charge >= 0.3 is 0 Å². The van der Waals surface area contributed by atoms with Crippen molar-refractivity contribution in [2.24, 2.45) is 11.3 Å². The molecule has 1 amide bonds. The highest BCUT2D eigenvalue weighted by Gasteiger charge is 2.36. The number of aryl methyl sites for hydroxylation is 1. The van der Waals surface area contributed by atoms with Crippen LogP contribution in [0.3, 0.4) is 0 Å². The van der Waals surface area contributed by atoms with E-state index in [1.165, 1.54) is 0 Å². The number of rotatable bonds is 3. The summed E-state index contributed by atoms with van der Waals surface area (Å²) in [5.74, 6) is 2.29. The predicted octanol–water partition coefficient (Wildman–Crippen LogP) is 4.14. The maximum atomic E-state index is 12.3. The normalized spacial score (nSPS) is 22.4. The highest BCUT2D eigenvalue weighted by molar-refractivity contribution is 9.10. The Morgan fingerprint density at radius 3 is 2.75 bits per heavy atom. The molecule has 0 radical (unpaired) electrons. The maximum absolute atomic E-state index is 12.3. The lowest BCUT2D eigenvalue weighted by molar-refractivity contribution is -0.122. The van der Waals surface area contributed by atoms with E-state index in [4.69, 9.17) is 4.42 Å². The summed E-state index contributed by atoms with van der Waals surface area (Å²) < 4.78 is 5.80. The quantitative estimate of drug-likeness (QED) is 0.839. The highest BCUT2D eigenvalue weighted by atomic mass is 79.9. The van der Waals surface area contributed by atoms with Gasteiger partial charge in [-0.15, -0.1) is 0 Å². The van der Waals surface area contributed by atoms with Crippen LogP contribution >= 0.6 is 15.9 Å². The van der Waals surface area contributed by atoms with Crippen molar-refractivity contribution in [3.63, 3.8) is 0 Å². The van der Waals surface area contributed by atoms with Crippen molar-refractivity contribution in [3.05, 3.63) is 23.2 Å². The molecule has 112 valence electrons. The number of furan rings is 1. The van der Waals surface area contributed by atoms with E-state index in [0.717, 1.165) is 29.9 Å². The van der Waals surface area contributed by atoms with Crippen LogP contribution in [0.15, 0.2) is 10.5 Å². The van der Waals surface area contributed by atoms with Gasteiger partial charge in [0.1, 0.15) is 11.5 Å². The molecule has 0 aromatic carbocycles. The molecule has 1 aromatic rings. The lowest BCUT2D eigenvalue weighted by Crippen LogP contribution is -2.40. The molecule has 0 saturated heterocycles. The average molecular weight is 342 g/mol. The number of carbonyl (C=O) groups is 1. The Bertz CT molecular complexity index is 505. The van der Waals surface area contributed by atoms with Gasteiger partial charge in [0, 0.05) is 12.0 Å². The summed E-state index contributed by atoms with van der Waals surface area (Å²) in [6.45, 7) is 10.5. The van der Waals surface area contributed by atoms with Crippen molar-refractivity contribution >= 4 is 21.8 Å². The summed E-state index contributed by atoms with van der Waals surface area (Å²) in [6, 6.07) is 2.12. The van der Waals surface area contributed by atoms with Gasteiger partial charge < -0.3 is 9.73 Å². The maximum Gasteiger partial charge on any atom is 0.234 e. The largest absolute Gasteiger partial charge is 0.466 e. The second kappa shape index (κ2) is 5.55. The minimum atomic E-state index is -0.149. The number of halogens is 1. The van der Waals surface area contributed by atoms with Gasteiger partial charge in [-0.25, -0.2) is 0 Å². The van der Waals surface area contributed by atoms with E-state index in [-0.39, 0.29) is 28.1 Å². The molecule has 2 rings (SSSR count). The summed E-state index contributed by atoms with van der Waals surface area (Å²) >= 11 is 3.47. The zero-order chi connectivity index (χ0) is 15.1. The van der Waals surface area contributed by atoms with E-state index in [1.54, 1.807) is 0 Å². The molecule has 2 atom stereocenters. The molecule has 1 heterocycles. The van der Waals surface area contributed by atoms with Crippen molar-refractivity contribution in [1.29, 1.82) is 0 Å². The first kappa shape index (κ1) is 15.6. The van der Waals surface area contributed by atoms with E-state index in [0.29, 0.717) is 0 Å². The summed E-state index contributed by atoms with van der Waals surface area (Å²) in [5.41, 5.74) is 1.30. The molecule has 1 N–H and O–H groups in total. The number of carbonyl (C=O) groups excluding carboxylic acids is 1. The Balaban J connectivity index is 2.21. The van der Waals surface area contributed by atoms with Crippen molar-refractivity contribution in [2.75, 3.05) is 0 Å². The molecule has 1 aliphatic rings. The first-order valence-electron chi connectivity index (χ1n) is 7.23. The fraction of sp³-hybridized carbons (Fsp3) is 0.688. The fourth-order valence-electron chi connectivity index (χ4n) is 2.87. The Kier molecular flexibility index (Phi) is 4.33. The molecule has 20 heavy (non-hydrogen) atoms. The number of hydrogen-bond acceptors (Lipinski definition) is 2. The molecule has 1 aromatic heterocycles. The third-order valence-corrected chi connectivity index (χ3v) is 5.36. The van der Waals surface area contributed by atoms with Crippen molar-refractivity contribution in [1.82, 2.24) is 5.32 Å². The topological polar surface area (TPSA) is 42.2 Å². The Hall–Kier alpha value is -0.770. The molecule has 0 aliphatic heterocycles. The first-order valence-corrected chi connectivity index (χ1v) is 8.15. The number of hydrogen-bond donors (Lipinski definition) is 1. The minimum Gasteiger partial charge on any atom is -0.466 e. The summed E-state index contributed by atoms with van der Waals surface area (Å²) in [6.07, 6.45) is 1.88. The molecule has 2 unspecified atom stereocenters. The van der Waals surface area contributed by atoms with Crippen LogP contribution in [0.5, 0.6) is 0 Å². The van der Waals surface area contributed by atoms with Crippen LogP contribution < -0.4 is 5.32 Å². The predicted molar refractivity (Wildman–Crippen MR) is 84.0 cm³/mol. The zero-order valence-corrected chi connectivity index (χ0v) is 14.5. The van der Waals surface area contributed by atoms with E-state index in [9.17, 15) is 4.79 Å². The molecule has 3 nitrogen and oxygen atoms in total. The highest BCUT2D eigenvalue weighted by Crippen LogP contribution is 2.42. The number of nitrogens with one attached hydrogen (secondary N) is 1. The van der Waals surface area contributed by atoms with Crippen molar-refractivity contribution < 1.29 is 9.21 Å². The third kappa shape index (κ3) is 3.27. The smallest absolute Gasteiger partial charge is 0.234 e. The average Bonchev–Trinajstić information content (AvgIpc) is 2.66. The second-order valence-electron chi connectivity index (χ2n) is 6.99. The van der Waals surface area contributed by atoms with Gasteiger partial charge in [0.2, 0.25) is 5.91 Å². The van der Waals surface area contributed by atoms with Crippen LogP contribution in [-0.4, -0.2) is 10.7 Å². The zero-order valence-electron chi connectivity index (χ0n) is 12.9. The lowest BCUT2D eigenvalue weighted by atomic mass is 9.74. The molecule has 4 heteroatoms. The number of alkyl halides is 1. The van der Waals surface area contributed by atoms with Crippen LogP contribution in [0.4, 0.5) is 0 Å². The summed E-state index contributed by atoms with van der Waals surface area (Å²) in [7, 11) is 0. The SMILES string of the molecule is Cc1cc2c(o1)CC(C)(C)CC2NC(=O)C(Br)C(C)C. The van der Waals surface area contributed by atoms with Crippen molar-refractivity contribution in [3.8, 4) is 0 Å². The van der Waals surface area contributed by atoms with E-state index < -0.39 is 0 Å². The van der Waals surface area contributed by atoms with E-state index in [2.05, 4.69) is 41.2 Å². The van der Waals surface area contributed by atoms with Crippen LogP contribution in [0.1, 0.15) is 57.2 Å². The van der Waals surface area contributed by atoms with Crippen molar-refractivity contribution in [2.45, 2.75) is 58.3 Å². The second-order valence-corrected chi connectivity index (χ2v) is 7.97. The molecule has 0 fully saturated rings. The van der Waals surface area contributed by atoms with Crippen LogP contribution in [0.2, 0.25) is 0 Å². The van der Waals surface area contributed by atoms with Gasteiger partial charge in [-0.3, -0.25) is 4.79 Å². The first-order chi connectivity index (χ1) is 9.19. The fourth-order valence-corrected chi connectivity index (χ4v) is 3.00. The molecule has 0 bridgehead atoms. The van der Waals surface area contributed by atoms with Gasteiger partial charge in [0.05, 0.1) is 10.9 Å². The number of fused-ring (bicyclic) bond motifs is 1. The van der Waals surface area contributed by atoms with Crippen LogP contribution in [0, 0.1) is 18.3 Å². The Morgan fingerprint density at radius 1 is 1.50 bits per heavy atom. The molecular formula is C16H24BrNO2. The molecule has 0 saturated carbocycles. The van der Waals surface area contributed by atoms with Gasteiger partial charge in [-0.1, -0.05) is 43.6 Å². The van der Waals surface area contributed by atoms with Gasteiger partial charge in [0.15, 0.2) is 0 Å². The van der Waals surface area contributed by atoms with E-state index >= 15 is 0 Å². The van der Waals surface area contributed by atoms with Gasteiger partial charge in [-0.05, 0) is 30.7 Å². The monoisotopic (exact) mass is 341 g/mol. The third-order valence-electron chi connectivity index (χ3n) is 3.89. The minimum absolute atomic E-state index is 0.0532. The Morgan fingerprint density at radius 2 is 2.15 bits per heavy atom. The summed E-state index contributed by atoms with van der Waals surface area (Å²) in [4.78, 5) is 12.1. The Labute approximate surface area is 129 Å². The molecular weight excluding hydrogens is 318 g/mol.